The number of likely N-dealkylation sites (tertiary alicyclic amines) is 1. The number of carbonyl (C=O) groups excluding carboxylic acids is 2. The Morgan fingerprint density at radius 1 is 0.943 bits per heavy atom. The number of hydrogen-bond donors (Lipinski definition) is 0. The van der Waals surface area contributed by atoms with Crippen LogP contribution in [0.5, 0.6) is 0 Å². The van der Waals surface area contributed by atoms with Gasteiger partial charge in [0.1, 0.15) is 17.7 Å². The molecular weight excluding hydrogens is 711 g/mol. The molecule has 1 aliphatic heterocycles. The molecule has 2 atom stereocenters. The van der Waals surface area contributed by atoms with Gasteiger partial charge in [0.05, 0.1) is 11.9 Å². The van der Waals surface area contributed by atoms with Crippen LogP contribution >= 0.6 is 23.2 Å². The summed E-state index contributed by atoms with van der Waals surface area (Å²) in [5.41, 5.74) is 3.03. The lowest BCUT2D eigenvalue weighted by atomic mass is 9.94. The largest absolute Gasteiger partial charge is 0.461 e. The molecule has 53 heavy (non-hydrogen) atoms. The molecule has 5 rings (SSSR count). The topological polar surface area (TPSA) is 91.3 Å². The first kappa shape index (κ1) is 40.6. The van der Waals surface area contributed by atoms with Crippen LogP contribution in [-0.2, 0) is 27.4 Å². The average Bonchev–Trinajstić information content (AvgIpc) is 3.61. The summed E-state index contributed by atoms with van der Waals surface area (Å²) in [4.78, 5) is 44.9. The molecule has 2 aliphatic rings. The third-order valence-electron chi connectivity index (χ3n) is 9.79. The normalized spacial score (nSPS) is 18.1. The van der Waals surface area contributed by atoms with Gasteiger partial charge in [-0.25, -0.2) is 19.6 Å². The van der Waals surface area contributed by atoms with E-state index in [0.29, 0.717) is 42.0 Å². The van der Waals surface area contributed by atoms with Crippen molar-refractivity contribution in [1.82, 2.24) is 19.8 Å². The van der Waals surface area contributed by atoms with E-state index >= 15 is 0 Å². The van der Waals surface area contributed by atoms with E-state index in [2.05, 4.69) is 43.0 Å². The zero-order chi connectivity index (χ0) is 38.4. The lowest BCUT2D eigenvalue weighted by Gasteiger charge is -2.43. The second kappa shape index (κ2) is 17.7. The van der Waals surface area contributed by atoms with Crippen LogP contribution in [0.25, 0.3) is 11.3 Å². The molecule has 1 saturated heterocycles. The maximum Gasteiger partial charge on any atom is 0.411 e. The molecule has 2 aromatic carbocycles. The van der Waals surface area contributed by atoms with Crippen molar-refractivity contribution in [3.63, 3.8) is 0 Å². The minimum Gasteiger partial charge on any atom is -0.461 e. The molecule has 1 aromatic heterocycles. The molecule has 288 valence electrons. The van der Waals surface area contributed by atoms with E-state index in [4.69, 9.17) is 42.6 Å². The van der Waals surface area contributed by atoms with E-state index in [0.717, 1.165) is 72.7 Å². The Morgan fingerprint density at radius 3 is 2.21 bits per heavy atom. The summed E-state index contributed by atoms with van der Waals surface area (Å²) in [6, 6.07) is 13.4. The molecule has 0 spiro atoms. The minimum absolute atomic E-state index is 0.0743. The maximum atomic E-state index is 13.7. The molecule has 12 heteroatoms. The molecule has 1 aliphatic carbocycles. The average molecular weight is 768 g/mol. The first-order chi connectivity index (χ1) is 25.1. The van der Waals surface area contributed by atoms with E-state index in [1.165, 1.54) is 0 Å². The lowest BCUT2D eigenvalue weighted by molar-refractivity contribution is -0.157. The number of anilines is 2. The Kier molecular flexibility index (Phi) is 13.5. The zero-order valence-corrected chi connectivity index (χ0v) is 34.1. The number of aromatic nitrogens is 2. The van der Waals surface area contributed by atoms with E-state index in [9.17, 15) is 9.59 Å². The smallest absolute Gasteiger partial charge is 0.411 e. The minimum atomic E-state index is -0.689. The summed E-state index contributed by atoms with van der Waals surface area (Å²) >= 11 is 13.0. The third kappa shape index (κ3) is 10.8. The second-order valence-electron chi connectivity index (χ2n) is 16.1. The fourth-order valence-electron chi connectivity index (χ4n) is 7.20. The summed E-state index contributed by atoms with van der Waals surface area (Å²) in [6.07, 6.45) is 6.39. The molecule has 1 unspecified atom stereocenters. The van der Waals surface area contributed by atoms with Crippen molar-refractivity contribution in [2.24, 2.45) is 5.92 Å². The van der Waals surface area contributed by atoms with E-state index in [-0.39, 0.29) is 18.1 Å². The van der Waals surface area contributed by atoms with Gasteiger partial charge >= 0.3 is 12.1 Å². The second-order valence-corrected chi connectivity index (χ2v) is 16.9. The highest BCUT2D eigenvalue weighted by Crippen LogP contribution is 2.33. The zero-order valence-electron chi connectivity index (χ0n) is 32.6. The maximum absolute atomic E-state index is 13.7. The van der Waals surface area contributed by atoms with Gasteiger partial charge in [-0.2, -0.15) is 0 Å². The molecule has 3 aromatic rings. The number of amides is 1. The number of carbonyl (C=O) groups is 2. The summed E-state index contributed by atoms with van der Waals surface area (Å²) in [5, 5.41) is 1.21. The number of rotatable bonds is 12. The van der Waals surface area contributed by atoms with Gasteiger partial charge in [-0.3, -0.25) is 9.80 Å². The van der Waals surface area contributed by atoms with E-state index in [1.54, 1.807) is 11.1 Å². The molecule has 0 N–H and O–H groups in total. The highest BCUT2D eigenvalue weighted by atomic mass is 35.5. The monoisotopic (exact) mass is 766 g/mol. The highest BCUT2D eigenvalue weighted by molar-refractivity contribution is 6.36. The molecule has 2 fully saturated rings. The lowest BCUT2D eigenvalue weighted by Crippen LogP contribution is -2.56. The Bertz CT molecular complexity index is 1690. The van der Waals surface area contributed by atoms with Crippen LogP contribution in [0, 0.1) is 5.92 Å². The number of benzene rings is 2. The van der Waals surface area contributed by atoms with Crippen molar-refractivity contribution < 1.29 is 19.1 Å². The van der Waals surface area contributed by atoms with Crippen LogP contribution in [0.1, 0.15) is 84.3 Å². The summed E-state index contributed by atoms with van der Waals surface area (Å²) in [7, 11) is 5.86. The van der Waals surface area contributed by atoms with Crippen molar-refractivity contribution in [2.75, 3.05) is 44.0 Å². The number of nitrogens with zero attached hydrogens (tertiary/aromatic N) is 6. The van der Waals surface area contributed by atoms with Crippen molar-refractivity contribution in [1.29, 1.82) is 0 Å². The number of halogens is 2. The highest BCUT2D eigenvalue weighted by Gasteiger charge is 2.42. The van der Waals surface area contributed by atoms with Gasteiger partial charge in [0.15, 0.2) is 11.6 Å². The summed E-state index contributed by atoms with van der Waals surface area (Å²) < 4.78 is 11.7. The van der Waals surface area contributed by atoms with Crippen LogP contribution in [-0.4, -0.2) is 89.9 Å². The van der Waals surface area contributed by atoms with Gasteiger partial charge in [-0.1, -0.05) is 67.4 Å². The van der Waals surface area contributed by atoms with E-state index in [1.807, 2.05) is 69.9 Å². The van der Waals surface area contributed by atoms with Gasteiger partial charge in [0.2, 0.25) is 0 Å². The third-order valence-corrected chi connectivity index (χ3v) is 10.5. The number of ether oxygens (including phenoxy) is 2. The van der Waals surface area contributed by atoms with Crippen molar-refractivity contribution in [3.05, 3.63) is 69.8 Å². The predicted molar refractivity (Wildman–Crippen MR) is 214 cm³/mol. The molecule has 1 saturated carbocycles. The van der Waals surface area contributed by atoms with Gasteiger partial charge in [-0.05, 0) is 82.9 Å². The quantitative estimate of drug-likeness (QED) is 0.168. The molecule has 0 radical (unpaired) electrons. The van der Waals surface area contributed by atoms with Crippen LogP contribution in [0.2, 0.25) is 10.0 Å². The first-order valence-electron chi connectivity index (χ1n) is 18.8. The van der Waals surface area contributed by atoms with Gasteiger partial charge < -0.3 is 19.3 Å². The Morgan fingerprint density at radius 2 is 1.60 bits per heavy atom. The molecule has 2 heterocycles. The van der Waals surface area contributed by atoms with Crippen molar-refractivity contribution in [3.8, 4) is 11.3 Å². The fraction of sp³-hybridized carbons (Fsp3) is 0.561. The van der Waals surface area contributed by atoms with Crippen LogP contribution in [0.15, 0.2) is 48.7 Å². The molecule has 1 amide bonds. The van der Waals surface area contributed by atoms with Crippen LogP contribution in [0.3, 0.4) is 0 Å². The molecule has 0 bridgehead atoms. The van der Waals surface area contributed by atoms with Crippen molar-refractivity contribution >= 4 is 46.9 Å². The van der Waals surface area contributed by atoms with Crippen molar-refractivity contribution in [2.45, 2.75) is 110 Å². The van der Waals surface area contributed by atoms with Crippen LogP contribution < -0.4 is 9.80 Å². The number of esters is 1. The van der Waals surface area contributed by atoms with Gasteiger partial charge in [-0.15, -0.1) is 0 Å². The number of hydrogen-bond acceptors (Lipinski definition) is 9. The Balaban J connectivity index is 1.34. The standard InChI is InChI=1S/C41H56Cl2N6O4/c1-27(2)24-48(30-20-21-49(40(51)53-41(3,4)5)36(22-30)39(50)52-31-12-9-10-13-31)25-28-16-18-29(19-17-28)35-23-44-37(46(6)7)38(45-35)47(8)26-32-33(42)14-11-15-34(32)43/h11,14-19,23,27,30-31,36H,9-10,12-13,20-22,24-26H2,1-8H3/t30?,36-/m1/s1. The Hall–Kier alpha value is -3.60. The van der Waals surface area contributed by atoms with Crippen LogP contribution in [0.4, 0.5) is 16.4 Å². The first-order valence-corrected chi connectivity index (χ1v) is 19.6. The van der Waals surface area contributed by atoms with Gasteiger partial charge in [0, 0.05) is 74.5 Å². The van der Waals surface area contributed by atoms with E-state index < -0.39 is 17.7 Å². The number of piperidine rings is 1. The Labute approximate surface area is 325 Å². The summed E-state index contributed by atoms with van der Waals surface area (Å²) in [5.74, 6) is 1.55. The molecule has 10 nitrogen and oxygen atoms in total. The summed E-state index contributed by atoms with van der Waals surface area (Å²) in [6.45, 7) is 12.4. The molecular formula is C41H56Cl2N6O4. The fourth-order valence-corrected chi connectivity index (χ4v) is 7.71. The SMILES string of the molecule is CC(C)CN(Cc1ccc(-c2cnc(N(C)C)c(N(C)Cc3c(Cl)cccc3Cl)n2)cc1)C1CCN(C(=O)OC(C)(C)C)[C@@H](C(=O)OC2CCCC2)C1. The predicted octanol–water partition coefficient (Wildman–Crippen LogP) is 8.86. The van der Waals surface area contributed by atoms with Gasteiger partial charge in [0.25, 0.3) is 0 Å².